The molecule has 1 aliphatic heterocycles. The molecule has 188 valence electrons. The molecule has 3 fully saturated rings. The highest BCUT2D eigenvalue weighted by Gasteiger charge is 2.63. The first-order chi connectivity index (χ1) is 15.4. The lowest BCUT2D eigenvalue weighted by Gasteiger charge is -2.62. The van der Waals surface area contributed by atoms with Crippen LogP contribution in [0.1, 0.15) is 113 Å². The maximum Gasteiger partial charge on any atom is 0.157 e. The zero-order valence-electron chi connectivity index (χ0n) is 22.4. The van der Waals surface area contributed by atoms with Gasteiger partial charge in [-0.2, -0.15) is 0 Å². The Balaban J connectivity index is 1.46. The van der Waals surface area contributed by atoms with Gasteiger partial charge in [-0.15, -0.1) is 0 Å². The molecule has 0 aromatic carbocycles. The first-order valence-corrected chi connectivity index (χ1v) is 14.1. The van der Waals surface area contributed by atoms with Crippen LogP contribution in [0.2, 0.25) is 0 Å². The predicted molar refractivity (Wildman–Crippen MR) is 133 cm³/mol. The van der Waals surface area contributed by atoms with Crippen LogP contribution in [0.5, 0.6) is 0 Å². The molecule has 1 unspecified atom stereocenters. The Kier molecular flexibility index (Phi) is 5.75. The van der Waals surface area contributed by atoms with Gasteiger partial charge in [0, 0.05) is 5.92 Å². The quantitative estimate of drug-likeness (QED) is 0.444. The molecule has 3 heteroatoms. The highest BCUT2D eigenvalue weighted by atomic mass is 16.6. The summed E-state index contributed by atoms with van der Waals surface area (Å²) in [7, 11) is 0. The van der Waals surface area contributed by atoms with Crippen LogP contribution in [0.3, 0.4) is 0 Å². The molecule has 0 spiro atoms. The molecule has 10 atom stereocenters. The number of hydrogen-bond donors (Lipinski definition) is 2. The molecule has 4 aliphatic carbocycles. The average Bonchev–Trinajstić information content (AvgIpc) is 3.04. The molecule has 2 N–H and O–H groups in total. The van der Waals surface area contributed by atoms with Crippen molar-refractivity contribution >= 4 is 0 Å². The minimum Gasteiger partial charge on any atom is -0.393 e. The van der Waals surface area contributed by atoms with Crippen LogP contribution >= 0.6 is 0 Å². The molecule has 1 saturated heterocycles. The Labute approximate surface area is 202 Å². The van der Waals surface area contributed by atoms with Crippen molar-refractivity contribution in [3.05, 3.63) is 11.1 Å². The third-order valence-corrected chi connectivity index (χ3v) is 12.7. The van der Waals surface area contributed by atoms with Crippen molar-refractivity contribution < 1.29 is 14.9 Å². The van der Waals surface area contributed by atoms with Crippen molar-refractivity contribution in [3.8, 4) is 0 Å². The fraction of sp³-hybridized carbons (Fsp3) is 0.933. The van der Waals surface area contributed by atoms with Gasteiger partial charge in [0.15, 0.2) is 6.29 Å². The molecule has 33 heavy (non-hydrogen) atoms. The van der Waals surface area contributed by atoms with E-state index < -0.39 is 6.29 Å². The number of aliphatic hydroxyl groups is 2. The Morgan fingerprint density at radius 2 is 1.58 bits per heavy atom. The van der Waals surface area contributed by atoms with Gasteiger partial charge >= 0.3 is 0 Å². The molecule has 0 aromatic heterocycles. The van der Waals surface area contributed by atoms with Gasteiger partial charge in [0.2, 0.25) is 0 Å². The van der Waals surface area contributed by atoms with Gasteiger partial charge in [0.25, 0.3) is 0 Å². The molecule has 3 nitrogen and oxygen atoms in total. The van der Waals surface area contributed by atoms with E-state index >= 15 is 0 Å². The Hall–Kier alpha value is -0.380. The van der Waals surface area contributed by atoms with E-state index in [9.17, 15) is 10.2 Å². The van der Waals surface area contributed by atoms with Gasteiger partial charge in [0.05, 0.1) is 12.2 Å². The lowest BCUT2D eigenvalue weighted by molar-refractivity contribution is -0.209. The number of aliphatic hydroxyl groups excluding tert-OH is 2. The predicted octanol–water partition coefficient (Wildman–Crippen LogP) is 6.87. The summed E-state index contributed by atoms with van der Waals surface area (Å²) < 4.78 is 6.18. The Morgan fingerprint density at radius 1 is 0.848 bits per heavy atom. The van der Waals surface area contributed by atoms with Crippen molar-refractivity contribution in [2.24, 2.45) is 45.3 Å². The van der Waals surface area contributed by atoms with E-state index in [0.29, 0.717) is 23.2 Å². The number of hydrogen-bond acceptors (Lipinski definition) is 3. The maximum absolute atomic E-state index is 10.8. The summed E-state index contributed by atoms with van der Waals surface area (Å²) in [4.78, 5) is 0. The van der Waals surface area contributed by atoms with Crippen LogP contribution < -0.4 is 0 Å². The van der Waals surface area contributed by atoms with Gasteiger partial charge in [0.1, 0.15) is 0 Å². The summed E-state index contributed by atoms with van der Waals surface area (Å²) in [5.74, 6) is 2.01. The molecule has 5 rings (SSSR count). The summed E-state index contributed by atoms with van der Waals surface area (Å²) in [5.41, 5.74) is 4.48. The summed E-state index contributed by atoms with van der Waals surface area (Å²) >= 11 is 0. The molecule has 0 radical (unpaired) electrons. The van der Waals surface area contributed by atoms with Crippen LogP contribution in [0.25, 0.3) is 0 Å². The third kappa shape index (κ3) is 3.23. The molecule has 1 heterocycles. The van der Waals surface area contributed by atoms with Crippen molar-refractivity contribution in [3.63, 3.8) is 0 Å². The third-order valence-electron chi connectivity index (χ3n) is 12.7. The van der Waals surface area contributed by atoms with E-state index in [4.69, 9.17) is 4.74 Å². The van der Waals surface area contributed by atoms with E-state index in [1.54, 1.807) is 5.57 Å². The average molecular weight is 459 g/mol. The van der Waals surface area contributed by atoms with Gasteiger partial charge in [-0.3, -0.25) is 0 Å². The zero-order valence-corrected chi connectivity index (χ0v) is 22.4. The van der Waals surface area contributed by atoms with Gasteiger partial charge in [-0.1, -0.05) is 59.6 Å². The van der Waals surface area contributed by atoms with E-state index in [1.807, 2.05) is 5.57 Å². The highest BCUT2D eigenvalue weighted by molar-refractivity contribution is 5.38. The summed E-state index contributed by atoms with van der Waals surface area (Å²) in [6, 6.07) is 0. The summed E-state index contributed by atoms with van der Waals surface area (Å²) in [5, 5.41) is 21.2. The monoisotopic (exact) mass is 458 g/mol. The first-order valence-electron chi connectivity index (χ1n) is 14.1. The lowest BCUT2D eigenvalue weighted by Crippen LogP contribution is -2.55. The SMILES string of the molecule is C[C@H]([C@@H]1CC[C@@H](C)C(O)O1)[C@H]1CC[C@@]2(C)C3=C(CC[C@]12C)[C@@]1(C)CC[C@H](O)C(C)(C)[C@@H]1CC3. The van der Waals surface area contributed by atoms with E-state index in [-0.39, 0.29) is 34.4 Å². The smallest absolute Gasteiger partial charge is 0.157 e. The minimum atomic E-state index is -0.590. The van der Waals surface area contributed by atoms with Gasteiger partial charge in [-0.05, 0) is 104 Å². The molecule has 0 aromatic rings. The van der Waals surface area contributed by atoms with Crippen LogP contribution in [-0.2, 0) is 4.74 Å². The minimum absolute atomic E-state index is 0.0101. The number of allylic oxidation sites excluding steroid dienone is 2. The number of fused-ring (bicyclic) bond motifs is 4. The van der Waals surface area contributed by atoms with Crippen LogP contribution in [0.4, 0.5) is 0 Å². The standard InChI is InChI=1S/C30H50O3/c1-18-8-10-23(33-26(18)32)19(2)20-12-16-30(7)22-9-11-24-27(3,4)25(31)14-15-28(24,5)21(22)13-17-29(20,30)6/h18-20,23-26,31-32H,8-17H2,1-7H3/t18-,19+,20-,23+,24+,25+,26?,28-,29-,30+/m1/s1. The lowest BCUT2D eigenvalue weighted by atomic mass is 9.43. The molecule has 2 saturated carbocycles. The molecular formula is C30H50O3. The molecule has 5 aliphatic rings. The van der Waals surface area contributed by atoms with Crippen LogP contribution in [0.15, 0.2) is 11.1 Å². The number of ether oxygens (including phenoxy) is 1. The van der Waals surface area contributed by atoms with E-state index in [1.165, 1.54) is 38.5 Å². The largest absolute Gasteiger partial charge is 0.393 e. The van der Waals surface area contributed by atoms with E-state index in [0.717, 1.165) is 25.7 Å². The fourth-order valence-electron chi connectivity index (χ4n) is 10.2. The molecular weight excluding hydrogens is 408 g/mol. The Morgan fingerprint density at radius 3 is 2.27 bits per heavy atom. The van der Waals surface area contributed by atoms with Crippen LogP contribution in [0, 0.1) is 45.3 Å². The van der Waals surface area contributed by atoms with Crippen molar-refractivity contribution in [2.75, 3.05) is 0 Å². The second-order valence-corrected chi connectivity index (χ2v) is 14.2. The van der Waals surface area contributed by atoms with Gasteiger partial charge < -0.3 is 14.9 Å². The topological polar surface area (TPSA) is 49.7 Å². The maximum atomic E-state index is 10.8. The molecule has 0 amide bonds. The summed E-state index contributed by atoms with van der Waals surface area (Å²) in [6.07, 6.45) is 11.3. The molecule has 0 bridgehead atoms. The summed E-state index contributed by atoms with van der Waals surface area (Å²) in [6.45, 7) is 17.0. The second kappa shape index (κ2) is 7.81. The van der Waals surface area contributed by atoms with Crippen molar-refractivity contribution in [1.82, 2.24) is 0 Å². The number of rotatable bonds is 2. The second-order valence-electron chi connectivity index (χ2n) is 14.2. The van der Waals surface area contributed by atoms with Crippen molar-refractivity contribution in [1.29, 1.82) is 0 Å². The highest BCUT2D eigenvalue weighted by Crippen LogP contribution is 2.72. The van der Waals surface area contributed by atoms with Gasteiger partial charge in [-0.25, -0.2) is 0 Å². The Bertz CT molecular complexity index is 815. The van der Waals surface area contributed by atoms with Crippen molar-refractivity contribution in [2.45, 2.75) is 131 Å². The van der Waals surface area contributed by atoms with Crippen LogP contribution in [-0.4, -0.2) is 28.7 Å². The zero-order chi connectivity index (χ0) is 24.0. The first kappa shape index (κ1) is 24.3. The van der Waals surface area contributed by atoms with E-state index in [2.05, 4.69) is 48.5 Å². The fourth-order valence-corrected chi connectivity index (χ4v) is 10.2. The normalized spacial score (nSPS) is 52.6.